The summed E-state index contributed by atoms with van der Waals surface area (Å²) in [4.78, 5) is 15.6. The maximum absolute atomic E-state index is 11.7. The van der Waals surface area contributed by atoms with Gasteiger partial charge in [0.25, 0.3) is 5.91 Å². The van der Waals surface area contributed by atoms with Crippen molar-refractivity contribution in [1.29, 1.82) is 0 Å². The second-order valence-corrected chi connectivity index (χ2v) is 4.09. The summed E-state index contributed by atoms with van der Waals surface area (Å²) in [5.74, 6) is -0.264. The number of nitrogens with one attached hydrogen (secondary N) is 1. The molecule has 0 bridgehead atoms. The highest BCUT2D eigenvalue weighted by atomic mass is 32.1. The number of nitrogens with zero attached hydrogens (tertiary/aromatic N) is 3. The van der Waals surface area contributed by atoms with Gasteiger partial charge in [-0.2, -0.15) is 0 Å². The van der Waals surface area contributed by atoms with Gasteiger partial charge in [0.1, 0.15) is 10.7 Å². The molecule has 0 radical (unpaired) electrons. The van der Waals surface area contributed by atoms with Crippen LogP contribution in [0.1, 0.15) is 22.4 Å². The molecular formula is C10H10N4OS. The van der Waals surface area contributed by atoms with Gasteiger partial charge in [0.15, 0.2) is 0 Å². The quantitative estimate of drug-likeness (QED) is 0.878. The molecule has 0 fully saturated rings. The molecular weight excluding hydrogens is 224 g/mol. The molecule has 5 nitrogen and oxygen atoms in total. The van der Waals surface area contributed by atoms with E-state index in [1.54, 1.807) is 24.4 Å². The zero-order chi connectivity index (χ0) is 11.4. The molecule has 0 spiro atoms. The van der Waals surface area contributed by atoms with E-state index in [0.29, 0.717) is 10.8 Å². The SMILES string of the molecule is CCc1nnc(NC(=O)c2ccccn2)s1. The van der Waals surface area contributed by atoms with E-state index in [1.807, 2.05) is 6.92 Å². The predicted octanol–water partition coefficient (Wildman–Crippen LogP) is 1.75. The van der Waals surface area contributed by atoms with E-state index in [0.717, 1.165) is 11.4 Å². The van der Waals surface area contributed by atoms with E-state index in [1.165, 1.54) is 11.3 Å². The number of rotatable bonds is 3. The van der Waals surface area contributed by atoms with Gasteiger partial charge < -0.3 is 0 Å². The van der Waals surface area contributed by atoms with Gasteiger partial charge in [-0.05, 0) is 18.6 Å². The predicted molar refractivity (Wildman–Crippen MR) is 61.5 cm³/mol. The third kappa shape index (κ3) is 2.40. The van der Waals surface area contributed by atoms with Gasteiger partial charge in [0.2, 0.25) is 5.13 Å². The summed E-state index contributed by atoms with van der Waals surface area (Å²) in [6.07, 6.45) is 2.39. The van der Waals surface area contributed by atoms with Gasteiger partial charge in [-0.3, -0.25) is 15.1 Å². The zero-order valence-electron chi connectivity index (χ0n) is 8.67. The van der Waals surface area contributed by atoms with Crippen LogP contribution in [0.5, 0.6) is 0 Å². The fourth-order valence-electron chi connectivity index (χ4n) is 1.11. The van der Waals surface area contributed by atoms with Crippen molar-refractivity contribution in [2.75, 3.05) is 5.32 Å². The molecule has 1 N–H and O–H groups in total. The molecule has 0 aromatic carbocycles. The van der Waals surface area contributed by atoms with Crippen molar-refractivity contribution >= 4 is 22.4 Å². The summed E-state index contributed by atoms with van der Waals surface area (Å²) >= 11 is 1.37. The van der Waals surface area contributed by atoms with Gasteiger partial charge in [-0.15, -0.1) is 10.2 Å². The molecule has 0 aliphatic carbocycles. The lowest BCUT2D eigenvalue weighted by molar-refractivity contribution is 0.102. The molecule has 0 unspecified atom stereocenters. The highest BCUT2D eigenvalue weighted by Gasteiger charge is 2.09. The van der Waals surface area contributed by atoms with Crippen LogP contribution in [0.15, 0.2) is 24.4 Å². The Labute approximate surface area is 96.6 Å². The summed E-state index contributed by atoms with van der Waals surface area (Å²) in [6.45, 7) is 1.99. The Bertz CT molecular complexity index is 483. The lowest BCUT2D eigenvalue weighted by Crippen LogP contribution is -2.13. The van der Waals surface area contributed by atoms with Crippen LogP contribution in [0.25, 0.3) is 0 Å². The number of anilines is 1. The van der Waals surface area contributed by atoms with E-state index >= 15 is 0 Å². The maximum atomic E-state index is 11.7. The lowest BCUT2D eigenvalue weighted by Gasteiger charge is -1.98. The molecule has 16 heavy (non-hydrogen) atoms. The van der Waals surface area contributed by atoms with Crippen molar-refractivity contribution < 1.29 is 4.79 Å². The average Bonchev–Trinajstić information content (AvgIpc) is 2.78. The second kappa shape index (κ2) is 4.80. The third-order valence-electron chi connectivity index (χ3n) is 1.89. The highest BCUT2D eigenvalue weighted by molar-refractivity contribution is 7.15. The Morgan fingerprint density at radius 2 is 2.31 bits per heavy atom. The van der Waals surface area contributed by atoms with Crippen LogP contribution in [0.3, 0.4) is 0 Å². The lowest BCUT2D eigenvalue weighted by atomic mass is 10.3. The summed E-state index contributed by atoms with van der Waals surface area (Å²) in [7, 11) is 0. The van der Waals surface area contributed by atoms with E-state index < -0.39 is 0 Å². The summed E-state index contributed by atoms with van der Waals surface area (Å²) in [6, 6.07) is 5.17. The molecule has 2 aromatic rings. The van der Waals surface area contributed by atoms with Crippen LogP contribution in [0, 0.1) is 0 Å². The first-order valence-electron chi connectivity index (χ1n) is 4.84. The first-order valence-corrected chi connectivity index (χ1v) is 5.66. The number of carbonyl (C=O) groups excluding carboxylic acids is 1. The average molecular weight is 234 g/mol. The molecule has 0 aliphatic rings. The summed E-state index contributed by atoms with van der Waals surface area (Å²) < 4.78 is 0. The fourth-order valence-corrected chi connectivity index (χ4v) is 1.78. The van der Waals surface area contributed by atoms with Gasteiger partial charge >= 0.3 is 0 Å². The summed E-state index contributed by atoms with van der Waals surface area (Å²) in [5, 5.41) is 11.8. The molecule has 2 heterocycles. The smallest absolute Gasteiger partial charge is 0.276 e. The second-order valence-electron chi connectivity index (χ2n) is 3.02. The summed E-state index contributed by atoms with van der Waals surface area (Å²) in [5.41, 5.74) is 0.371. The van der Waals surface area contributed by atoms with Crippen LogP contribution < -0.4 is 5.32 Å². The number of pyridine rings is 1. The minimum Gasteiger partial charge on any atom is -0.295 e. The molecule has 0 aliphatic heterocycles. The van der Waals surface area contributed by atoms with E-state index in [-0.39, 0.29) is 5.91 Å². The van der Waals surface area contributed by atoms with E-state index in [2.05, 4.69) is 20.5 Å². The van der Waals surface area contributed by atoms with Gasteiger partial charge in [-0.1, -0.05) is 24.3 Å². The molecule has 82 valence electrons. The molecule has 0 atom stereocenters. The number of aryl methyl sites for hydroxylation is 1. The van der Waals surface area contributed by atoms with Crippen molar-refractivity contribution in [1.82, 2.24) is 15.2 Å². The van der Waals surface area contributed by atoms with Crippen molar-refractivity contribution in [3.8, 4) is 0 Å². The first-order chi connectivity index (χ1) is 7.79. The minimum atomic E-state index is -0.264. The van der Waals surface area contributed by atoms with Crippen LogP contribution >= 0.6 is 11.3 Å². The Balaban J connectivity index is 2.08. The van der Waals surface area contributed by atoms with Gasteiger partial charge in [0.05, 0.1) is 0 Å². The number of carbonyl (C=O) groups is 1. The molecule has 2 rings (SSSR count). The Morgan fingerprint density at radius 3 is 2.94 bits per heavy atom. The molecule has 1 amide bonds. The monoisotopic (exact) mass is 234 g/mol. The zero-order valence-corrected chi connectivity index (χ0v) is 9.49. The number of aromatic nitrogens is 3. The van der Waals surface area contributed by atoms with Crippen LogP contribution in [-0.2, 0) is 6.42 Å². The van der Waals surface area contributed by atoms with E-state index in [4.69, 9.17) is 0 Å². The fraction of sp³-hybridized carbons (Fsp3) is 0.200. The number of amides is 1. The van der Waals surface area contributed by atoms with Crippen LogP contribution in [-0.4, -0.2) is 21.1 Å². The Morgan fingerprint density at radius 1 is 1.44 bits per heavy atom. The molecule has 2 aromatic heterocycles. The number of hydrogen-bond acceptors (Lipinski definition) is 5. The van der Waals surface area contributed by atoms with Crippen LogP contribution in [0.4, 0.5) is 5.13 Å². The molecule has 0 saturated heterocycles. The van der Waals surface area contributed by atoms with Gasteiger partial charge in [0, 0.05) is 6.20 Å². The standard InChI is InChI=1S/C10H10N4OS/c1-2-8-13-14-10(16-8)12-9(15)7-5-3-4-6-11-7/h3-6H,2H2,1H3,(H,12,14,15). The topological polar surface area (TPSA) is 67.8 Å². The third-order valence-corrected chi connectivity index (χ3v) is 2.87. The Hall–Kier alpha value is -1.82. The van der Waals surface area contributed by atoms with E-state index in [9.17, 15) is 4.79 Å². The van der Waals surface area contributed by atoms with Crippen LogP contribution in [0.2, 0.25) is 0 Å². The maximum Gasteiger partial charge on any atom is 0.276 e. The Kier molecular flexibility index (Phi) is 3.21. The number of hydrogen-bond donors (Lipinski definition) is 1. The molecule has 0 saturated carbocycles. The molecule has 6 heteroatoms. The van der Waals surface area contributed by atoms with Crippen molar-refractivity contribution in [3.63, 3.8) is 0 Å². The minimum absolute atomic E-state index is 0.264. The van der Waals surface area contributed by atoms with Crippen molar-refractivity contribution in [3.05, 3.63) is 35.1 Å². The largest absolute Gasteiger partial charge is 0.295 e. The van der Waals surface area contributed by atoms with Crippen molar-refractivity contribution in [2.24, 2.45) is 0 Å². The highest BCUT2D eigenvalue weighted by Crippen LogP contribution is 2.15. The first kappa shape index (κ1) is 10.7. The normalized spacial score (nSPS) is 10.1. The van der Waals surface area contributed by atoms with Gasteiger partial charge in [-0.25, -0.2) is 0 Å². The van der Waals surface area contributed by atoms with Crippen molar-refractivity contribution in [2.45, 2.75) is 13.3 Å².